The van der Waals surface area contributed by atoms with E-state index in [-0.39, 0.29) is 36.6 Å². The molecule has 0 aliphatic rings. The Bertz CT molecular complexity index is 576. The van der Waals surface area contributed by atoms with Crippen molar-refractivity contribution in [3.8, 4) is 0 Å². The van der Waals surface area contributed by atoms with E-state index in [1.165, 1.54) is 0 Å². The van der Waals surface area contributed by atoms with E-state index >= 15 is 0 Å². The summed E-state index contributed by atoms with van der Waals surface area (Å²) in [5.41, 5.74) is -0.612. The second kappa shape index (κ2) is 8.84. The molecule has 1 heterocycles. The Morgan fingerprint density at radius 3 is 2.52 bits per heavy atom. The van der Waals surface area contributed by atoms with Crippen LogP contribution < -0.4 is 5.32 Å². The van der Waals surface area contributed by atoms with E-state index in [4.69, 9.17) is 13.9 Å². The monoisotopic (exact) mass is 356 g/mol. The fraction of sp³-hybridized carbons (Fsp3) is 0.706. The third kappa shape index (κ3) is 7.13. The van der Waals surface area contributed by atoms with E-state index in [9.17, 15) is 14.7 Å². The molecule has 1 aromatic rings. The SMILES string of the molecule is CCOC(=O)c1coc([C@H](O)C[C@H](NC(=O)OC(C)(C)C)C(C)C)n1. The van der Waals surface area contributed by atoms with Gasteiger partial charge in [0, 0.05) is 12.5 Å². The van der Waals surface area contributed by atoms with Gasteiger partial charge in [0.2, 0.25) is 5.89 Å². The lowest BCUT2D eigenvalue weighted by molar-refractivity contribution is 0.0449. The summed E-state index contributed by atoms with van der Waals surface area (Å²) in [5, 5.41) is 13.1. The Kier molecular flexibility index (Phi) is 7.41. The molecule has 1 rings (SSSR count). The molecule has 0 aliphatic carbocycles. The molecule has 25 heavy (non-hydrogen) atoms. The molecule has 0 aliphatic heterocycles. The Labute approximate surface area is 147 Å². The molecule has 0 bridgehead atoms. The van der Waals surface area contributed by atoms with Gasteiger partial charge in [-0.05, 0) is 33.6 Å². The molecule has 1 aromatic heterocycles. The fourth-order valence-electron chi connectivity index (χ4n) is 2.04. The molecule has 8 nitrogen and oxygen atoms in total. The van der Waals surface area contributed by atoms with Crippen LogP contribution in [0.5, 0.6) is 0 Å². The average molecular weight is 356 g/mol. The Morgan fingerprint density at radius 1 is 1.36 bits per heavy atom. The second-order valence-electron chi connectivity index (χ2n) is 7.04. The summed E-state index contributed by atoms with van der Waals surface area (Å²) in [4.78, 5) is 27.5. The van der Waals surface area contributed by atoms with Gasteiger partial charge >= 0.3 is 12.1 Å². The van der Waals surface area contributed by atoms with Gasteiger partial charge in [-0.25, -0.2) is 14.6 Å². The van der Waals surface area contributed by atoms with Crippen molar-refractivity contribution in [2.24, 2.45) is 5.92 Å². The van der Waals surface area contributed by atoms with Gasteiger partial charge in [-0.2, -0.15) is 0 Å². The highest BCUT2D eigenvalue weighted by Crippen LogP contribution is 2.22. The lowest BCUT2D eigenvalue weighted by Crippen LogP contribution is -2.42. The summed E-state index contributed by atoms with van der Waals surface area (Å²) in [6, 6.07) is -0.359. The second-order valence-corrected chi connectivity index (χ2v) is 7.04. The number of nitrogens with one attached hydrogen (secondary N) is 1. The van der Waals surface area contributed by atoms with E-state index < -0.39 is 23.8 Å². The zero-order valence-corrected chi connectivity index (χ0v) is 15.7. The van der Waals surface area contributed by atoms with Crippen molar-refractivity contribution in [1.29, 1.82) is 0 Å². The molecular weight excluding hydrogens is 328 g/mol. The number of aliphatic hydroxyl groups excluding tert-OH is 1. The molecule has 2 atom stereocenters. The van der Waals surface area contributed by atoms with Gasteiger partial charge in [0.05, 0.1) is 6.61 Å². The van der Waals surface area contributed by atoms with Crippen LogP contribution in [0.25, 0.3) is 0 Å². The van der Waals surface area contributed by atoms with Crippen molar-refractivity contribution in [2.45, 2.75) is 65.7 Å². The molecule has 0 saturated heterocycles. The average Bonchev–Trinajstić information content (AvgIpc) is 2.94. The van der Waals surface area contributed by atoms with Crippen LogP contribution >= 0.6 is 0 Å². The lowest BCUT2D eigenvalue weighted by Gasteiger charge is -2.26. The van der Waals surface area contributed by atoms with Gasteiger partial charge in [-0.1, -0.05) is 13.8 Å². The standard InChI is InChI=1S/C17H28N2O6/c1-7-23-15(21)12-9-24-14(18-12)13(20)8-11(10(2)3)19-16(22)25-17(4,5)6/h9-11,13,20H,7-8H2,1-6H3,(H,19,22)/t11-,13+/m0/s1. The van der Waals surface area contributed by atoms with E-state index in [0.29, 0.717) is 0 Å². The number of oxazole rings is 1. The highest BCUT2D eigenvalue weighted by Gasteiger charge is 2.27. The number of rotatable bonds is 7. The number of carbonyl (C=O) groups is 2. The van der Waals surface area contributed by atoms with E-state index in [2.05, 4.69) is 10.3 Å². The molecular formula is C17H28N2O6. The number of ether oxygens (including phenoxy) is 2. The van der Waals surface area contributed by atoms with Crippen LogP contribution in [0.15, 0.2) is 10.7 Å². The van der Waals surface area contributed by atoms with Crippen LogP contribution in [-0.2, 0) is 9.47 Å². The van der Waals surface area contributed by atoms with Gasteiger partial charge in [0.1, 0.15) is 18.0 Å². The zero-order valence-electron chi connectivity index (χ0n) is 15.7. The molecule has 0 unspecified atom stereocenters. The van der Waals surface area contributed by atoms with Crippen LogP contribution in [0.4, 0.5) is 4.79 Å². The first-order valence-electron chi connectivity index (χ1n) is 8.33. The van der Waals surface area contributed by atoms with E-state index in [1.807, 2.05) is 13.8 Å². The number of carbonyl (C=O) groups excluding carboxylic acids is 2. The first-order valence-corrected chi connectivity index (χ1v) is 8.33. The number of amides is 1. The maximum absolute atomic E-state index is 11.9. The smallest absolute Gasteiger partial charge is 0.407 e. The first kappa shape index (κ1) is 21.0. The van der Waals surface area contributed by atoms with Gasteiger partial charge < -0.3 is 24.3 Å². The summed E-state index contributed by atoms with van der Waals surface area (Å²) in [7, 11) is 0. The minimum atomic E-state index is -1.08. The molecule has 0 fully saturated rings. The van der Waals surface area contributed by atoms with Gasteiger partial charge in [-0.15, -0.1) is 0 Å². The zero-order chi connectivity index (χ0) is 19.2. The summed E-state index contributed by atoms with van der Waals surface area (Å²) >= 11 is 0. The molecule has 8 heteroatoms. The Balaban J connectivity index is 2.72. The highest BCUT2D eigenvalue weighted by molar-refractivity contribution is 5.86. The van der Waals surface area contributed by atoms with Crippen LogP contribution in [0.3, 0.4) is 0 Å². The third-order valence-corrected chi connectivity index (χ3v) is 3.28. The Morgan fingerprint density at radius 2 is 2.00 bits per heavy atom. The van der Waals surface area contributed by atoms with E-state index in [0.717, 1.165) is 6.26 Å². The summed E-state index contributed by atoms with van der Waals surface area (Å²) in [6.07, 6.45) is -0.328. The third-order valence-electron chi connectivity index (χ3n) is 3.28. The maximum atomic E-state index is 11.9. The minimum Gasteiger partial charge on any atom is -0.461 e. The normalized spacial score (nSPS) is 14.1. The first-order chi connectivity index (χ1) is 11.5. The maximum Gasteiger partial charge on any atom is 0.407 e. The summed E-state index contributed by atoms with van der Waals surface area (Å²) in [6.45, 7) is 11.0. The number of hydrogen-bond donors (Lipinski definition) is 2. The van der Waals surface area contributed by atoms with Crippen LogP contribution in [0.1, 0.15) is 70.4 Å². The number of nitrogens with zero attached hydrogens (tertiary/aromatic N) is 1. The van der Waals surface area contributed by atoms with Crippen molar-refractivity contribution in [3.63, 3.8) is 0 Å². The molecule has 2 N–H and O–H groups in total. The largest absolute Gasteiger partial charge is 0.461 e. The summed E-state index contributed by atoms with van der Waals surface area (Å²) in [5.74, 6) is -0.571. The molecule has 0 aromatic carbocycles. The van der Waals surface area contributed by atoms with Crippen molar-refractivity contribution < 1.29 is 28.6 Å². The van der Waals surface area contributed by atoms with Crippen molar-refractivity contribution in [3.05, 3.63) is 17.8 Å². The molecule has 0 saturated carbocycles. The predicted molar refractivity (Wildman–Crippen MR) is 90.0 cm³/mol. The number of aliphatic hydroxyl groups is 1. The Hall–Kier alpha value is -2.09. The van der Waals surface area contributed by atoms with Crippen molar-refractivity contribution in [1.82, 2.24) is 10.3 Å². The highest BCUT2D eigenvalue weighted by atomic mass is 16.6. The molecule has 1 amide bonds. The number of alkyl carbamates (subject to hydrolysis) is 1. The quantitative estimate of drug-likeness (QED) is 0.723. The van der Waals surface area contributed by atoms with Crippen molar-refractivity contribution >= 4 is 12.1 Å². The van der Waals surface area contributed by atoms with Gasteiger partial charge in [0.25, 0.3) is 0 Å². The molecule has 0 radical (unpaired) electrons. The van der Waals surface area contributed by atoms with Gasteiger partial charge in [-0.3, -0.25) is 0 Å². The van der Waals surface area contributed by atoms with Crippen LogP contribution in [0, 0.1) is 5.92 Å². The number of hydrogen-bond acceptors (Lipinski definition) is 7. The molecule has 0 spiro atoms. The number of esters is 1. The lowest BCUT2D eigenvalue weighted by atomic mass is 9.98. The number of aromatic nitrogens is 1. The minimum absolute atomic E-state index is 0.000285. The summed E-state index contributed by atoms with van der Waals surface area (Å²) < 4.78 is 15.2. The van der Waals surface area contributed by atoms with E-state index in [1.54, 1.807) is 27.7 Å². The van der Waals surface area contributed by atoms with Crippen LogP contribution in [0.2, 0.25) is 0 Å². The van der Waals surface area contributed by atoms with Crippen LogP contribution in [-0.4, -0.2) is 40.4 Å². The topological polar surface area (TPSA) is 111 Å². The molecule has 142 valence electrons. The predicted octanol–water partition coefficient (Wildman–Crippen LogP) is 2.82. The van der Waals surface area contributed by atoms with Gasteiger partial charge in [0.15, 0.2) is 5.69 Å². The van der Waals surface area contributed by atoms with Crippen molar-refractivity contribution in [2.75, 3.05) is 6.61 Å². The fourth-order valence-corrected chi connectivity index (χ4v) is 2.04.